The summed E-state index contributed by atoms with van der Waals surface area (Å²) in [5.41, 5.74) is 6.16. The van der Waals surface area contributed by atoms with E-state index in [0.717, 1.165) is 0 Å². The summed E-state index contributed by atoms with van der Waals surface area (Å²) in [6.45, 7) is 0. The van der Waals surface area contributed by atoms with Crippen LogP contribution in [0.2, 0.25) is 0 Å². The Labute approximate surface area is 175 Å². The summed E-state index contributed by atoms with van der Waals surface area (Å²) in [5.74, 6) is 0. The van der Waals surface area contributed by atoms with Crippen LogP contribution in [0.25, 0.3) is 49.4 Å². The van der Waals surface area contributed by atoms with E-state index in [9.17, 15) is 0 Å². The first-order chi connectivity index (χ1) is 14.8. The van der Waals surface area contributed by atoms with Gasteiger partial charge in [0.25, 0.3) is 0 Å². The molecule has 0 spiro atoms. The third-order valence-corrected chi connectivity index (χ3v) is 5.97. The molecule has 6 aromatic rings. The van der Waals surface area contributed by atoms with Gasteiger partial charge in [-0.3, -0.25) is 0 Å². The fraction of sp³-hybridized carbons (Fsp3) is 0.0357. The molecule has 2 heteroatoms. The topological polar surface area (TPSA) is 8.81 Å². The highest BCUT2D eigenvalue weighted by molar-refractivity contribution is 6.09. The Morgan fingerprint density at radius 3 is 1.87 bits per heavy atom. The number of hydrogen-bond acceptors (Lipinski definition) is 0. The molecular weight excluding hydrogens is 364 g/mol. The van der Waals surface area contributed by atoms with Crippen molar-refractivity contribution in [2.45, 2.75) is 0 Å². The van der Waals surface area contributed by atoms with E-state index in [1.54, 1.807) is 0 Å². The van der Waals surface area contributed by atoms with Crippen LogP contribution in [-0.2, 0) is 7.05 Å². The summed E-state index contributed by atoms with van der Waals surface area (Å²) < 4.78 is 4.43. The van der Waals surface area contributed by atoms with Crippen molar-refractivity contribution in [3.8, 4) is 16.8 Å². The SMILES string of the molecule is C[n+]1ccc(-c2ccc3cc(-n4c5ccccc5c5ccccc54)ccc3c2)cc1. The standard InChI is InChI=1S/C28H21N2/c1-29-16-14-20(15-17-29)21-10-11-23-19-24(13-12-22(23)18-21)30-27-8-4-2-6-25(27)26-7-3-5-9-28(26)30/h2-19H,1H3/q+1. The molecule has 0 aliphatic heterocycles. The summed E-state index contributed by atoms with van der Waals surface area (Å²) in [6, 6.07) is 35.1. The first-order valence-corrected chi connectivity index (χ1v) is 10.3. The monoisotopic (exact) mass is 385 g/mol. The van der Waals surface area contributed by atoms with E-state index in [-0.39, 0.29) is 0 Å². The van der Waals surface area contributed by atoms with Crippen LogP contribution in [0.3, 0.4) is 0 Å². The molecule has 0 fully saturated rings. The maximum Gasteiger partial charge on any atom is 0.169 e. The van der Waals surface area contributed by atoms with Crippen molar-refractivity contribution in [2.75, 3.05) is 0 Å². The van der Waals surface area contributed by atoms with Crippen molar-refractivity contribution in [3.63, 3.8) is 0 Å². The van der Waals surface area contributed by atoms with Gasteiger partial charge in [0.2, 0.25) is 0 Å². The Bertz CT molecular complexity index is 1490. The predicted molar refractivity (Wildman–Crippen MR) is 125 cm³/mol. The maximum absolute atomic E-state index is 2.37. The number of fused-ring (bicyclic) bond motifs is 4. The van der Waals surface area contributed by atoms with E-state index >= 15 is 0 Å². The Hall–Kier alpha value is -3.91. The normalized spacial score (nSPS) is 11.5. The van der Waals surface area contributed by atoms with Gasteiger partial charge in [-0.1, -0.05) is 54.6 Å². The Morgan fingerprint density at radius 2 is 1.17 bits per heavy atom. The van der Waals surface area contributed by atoms with E-state index in [0.29, 0.717) is 0 Å². The molecule has 6 rings (SSSR count). The van der Waals surface area contributed by atoms with Gasteiger partial charge in [0, 0.05) is 28.6 Å². The van der Waals surface area contributed by atoms with Crippen LogP contribution in [0.1, 0.15) is 0 Å². The lowest BCUT2D eigenvalue weighted by Crippen LogP contribution is -2.25. The van der Waals surface area contributed by atoms with Gasteiger partial charge in [0.1, 0.15) is 7.05 Å². The second kappa shape index (κ2) is 6.57. The number of aryl methyl sites for hydroxylation is 1. The van der Waals surface area contributed by atoms with Crippen LogP contribution in [0.5, 0.6) is 0 Å². The summed E-state index contributed by atoms with van der Waals surface area (Å²) in [6.07, 6.45) is 4.18. The highest BCUT2D eigenvalue weighted by Gasteiger charge is 2.11. The van der Waals surface area contributed by atoms with Crippen LogP contribution in [0.4, 0.5) is 0 Å². The molecule has 0 saturated carbocycles. The van der Waals surface area contributed by atoms with Crippen molar-refractivity contribution in [3.05, 3.63) is 109 Å². The Balaban J connectivity index is 1.54. The van der Waals surface area contributed by atoms with Crippen molar-refractivity contribution in [1.29, 1.82) is 0 Å². The molecule has 2 nitrogen and oxygen atoms in total. The lowest BCUT2D eigenvalue weighted by molar-refractivity contribution is -0.671. The first kappa shape index (κ1) is 17.0. The molecule has 30 heavy (non-hydrogen) atoms. The third-order valence-electron chi connectivity index (χ3n) is 5.97. The summed E-state index contributed by atoms with van der Waals surface area (Å²) in [7, 11) is 2.04. The fourth-order valence-corrected chi connectivity index (χ4v) is 4.45. The number of pyridine rings is 1. The van der Waals surface area contributed by atoms with Gasteiger partial charge in [-0.25, -0.2) is 4.57 Å². The largest absolute Gasteiger partial charge is 0.309 e. The molecule has 0 unspecified atom stereocenters. The van der Waals surface area contributed by atoms with E-state index in [2.05, 4.69) is 119 Å². The van der Waals surface area contributed by atoms with Gasteiger partial charge in [0.05, 0.1) is 11.0 Å². The molecule has 0 atom stereocenters. The van der Waals surface area contributed by atoms with Gasteiger partial charge in [-0.2, -0.15) is 0 Å². The summed E-state index contributed by atoms with van der Waals surface area (Å²) in [5, 5.41) is 5.09. The van der Waals surface area contributed by atoms with Gasteiger partial charge in [-0.15, -0.1) is 0 Å². The van der Waals surface area contributed by atoms with E-state index < -0.39 is 0 Å². The van der Waals surface area contributed by atoms with Gasteiger partial charge < -0.3 is 4.57 Å². The summed E-state index contributed by atoms with van der Waals surface area (Å²) >= 11 is 0. The predicted octanol–water partition coefficient (Wildman–Crippen LogP) is 6.43. The minimum absolute atomic E-state index is 1.19. The highest BCUT2D eigenvalue weighted by Crippen LogP contribution is 2.33. The van der Waals surface area contributed by atoms with Crippen molar-refractivity contribution >= 4 is 32.6 Å². The second-order valence-corrected chi connectivity index (χ2v) is 7.87. The van der Waals surface area contributed by atoms with Crippen molar-refractivity contribution in [2.24, 2.45) is 7.05 Å². The van der Waals surface area contributed by atoms with Crippen molar-refractivity contribution < 1.29 is 4.57 Å². The van der Waals surface area contributed by atoms with Crippen LogP contribution >= 0.6 is 0 Å². The first-order valence-electron chi connectivity index (χ1n) is 10.3. The number of aromatic nitrogens is 2. The van der Waals surface area contributed by atoms with Crippen LogP contribution < -0.4 is 4.57 Å². The molecule has 0 aliphatic carbocycles. The van der Waals surface area contributed by atoms with E-state index in [4.69, 9.17) is 0 Å². The number of nitrogens with zero attached hydrogens (tertiary/aromatic N) is 2. The number of para-hydroxylation sites is 2. The zero-order valence-electron chi connectivity index (χ0n) is 16.8. The smallest absolute Gasteiger partial charge is 0.169 e. The quantitative estimate of drug-likeness (QED) is 0.304. The molecule has 2 heterocycles. The lowest BCUT2D eigenvalue weighted by Gasteiger charge is -2.10. The minimum Gasteiger partial charge on any atom is -0.309 e. The molecule has 2 aromatic heterocycles. The van der Waals surface area contributed by atoms with Gasteiger partial charge >= 0.3 is 0 Å². The number of rotatable bonds is 2. The molecule has 0 bridgehead atoms. The summed E-state index contributed by atoms with van der Waals surface area (Å²) in [4.78, 5) is 0. The van der Waals surface area contributed by atoms with E-state index in [1.165, 1.54) is 49.4 Å². The molecule has 4 aromatic carbocycles. The third kappa shape index (κ3) is 2.61. The molecule has 0 radical (unpaired) electrons. The average Bonchev–Trinajstić information content (AvgIpc) is 3.13. The second-order valence-electron chi connectivity index (χ2n) is 7.87. The highest BCUT2D eigenvalue weighted by atomic mass is 15.0. The molecule has 0 saturated heterocycles. The van der Waals surface area contributed by atoms with Gasteiger partial charge in [0.15, 0.2) is 12.4 Å². The zero-order chi connectivity index (χ0) is 20.1. The zero-order valence-corrected chi connectivity index (χ0v) is 16.8. The molecule has 0 N–H and O–H groups in total. The van der Waals surface area contributed by atoms with Gasteiger partial charge in [-0.05, 0) is 52.2 Å². The maximum atomic E-state index is 2.37. The van der Waals surface area contributed by atoms with Crippen molar-refractivity contribution in [1.82, 2.24) is 4.57 Å². The van der Waals surface area contributed by atoms with Crippen LogP contribution in [0.15, 0.2) is 109 Å². The Kier molecular flexibility index (Phi) is 3.72. The molecule has 142 valence electrons. The fourth-order valence-electron chi connectivity index (χ4n) is 4.45. The number of hydrogen-bond donors (Lipinski definition) is 0. The van der Waals surface area contributed by atoms with Crippen LogP contribution in [-0.4, -0.2) is 4.57 Å². The van der Waals surface area contributed by atoms with Crippen LogP contribution in [0, 0.1) is 0 Å². The Morgan fingerprint density at radius 1 is 0.567 bits per heavy atom. The molecular formula is C28H21N2+. The average molecular weight is 385 g/mol. The molecule has 0 aliphatic rings. The number of benzene rings is 4. The lowest BCUT2D eigenvalue weighted by atomic mass is 10.0. The molecule has 0 amide bonds. The minimum atomic E-state index is 1.19. The van der Waals surface area contributed by atoms with E-state index in [1.807, 2.05) is 7.05 Å².